The molecule has 1 amide bonds. The number of rotatable bonds is 3. The van der Waals surface area contributed by atoms with E-state index < -0.39 is 5.91 Å². The lowest BCUT2D eigenvalue weighted by atomic mass is 10.1. The molecule has 1 aromatic heterocycles. The molecule has 0 bridgehead atoms. The highest BCUT2D eigenvalue weighted by molar-refractivity contribution is 9.10. The van der Waals surface area contributed by atoms with Crippen molar-refractivity contribution in [2.75, 3.05) is 0 Å². The average molecular weight is 322 g/mol. The third-order valence-electron chi connectivity index (χ3n) is 2.78. The lowest BCUT2D eigenvalue weighted by Gasteiger charge is -2.09. The van der Waals surface area contributed by atoms with Gasteiger partial charge >= 0.3 is 0 Å². The second-order valence-electron chi connectivity index (χ2n) is 4.11. The van der Waals surface area contributed by atoms with Crippen LogP contribution in [-0.4, -0.2) is 15.5 Å². The Balaban J connectivity index is 2.34. The summed E-state index contributed by atoms with van der Waals surface area (Å²) in [4.78, 5) is 27.1. The summed E-state index contributed by atoms with van der Waals surface area (Å²) in [5.74, 6) is 0.163. The quantitative estimate of drug-likeness (QED) is 0.929. The molecule has 1 aromatic carbocycles. The predicted octanol–water partition coefficient (Wildman–Crippen LogP) is 1.46. The number of primary amides is 1. The van der Waals surface area contributed by atoms with E-state index >= 15 is 0 Å². The van der Waals surface area contributed by atoms with Crippen molar-refractivity contribution in [3.05, 3.63) is 62.2 Å². The molecule has 0 saturated heterocycles. The number of carbonyl (C=O) groups excluding carboxylic acids is 1. The molecule has 0 radical (unpaired) electrons. The summed E-state index contributed by atoms with van der Waals surface area (Å²) in [6.45, 7) is 2.17. The highest BCUT2D eigenvalue weighted by Crippen LogP contribution is 2.08. The number of nitrogens with two attached hydrogens (primary N) is 1. The molecule has 0 aliphatic rings. The topological polar surface area (TPSA) is 78.0 Å². The van der Waals surface area contributed by atoms with Crippen LogP contribution in [0.4, 0.5) is 0 Å². The minimum atomic E-state index is -0.469. The van der Waals surface area contributed by atoms with Crippen LogP contribution in [0.5, 0.6) is 0 Å². The van der Waals surface area contributed by atoms with E-state index in [-0.39, 0.29) is 5.56 Å². The number of hydrogen-bond donors (Lipinski definition) is 1. The first-order chi connectivity index (χ1) is 8.99. The van der Waals surface area contributed by atoms with Crippen LogP contribution in [0.25, 0.3) is 0 Å². The van der Waals surface area contributed by atoms with Gasteiger partial charge in [0.05, 0.1) is 6.54 Å². The van der Waals surface area contributed by atoms with E-state index in [4.69, 9.17) is 5.73 Å². The molecule has 0 saturated carbocycles. The molecular weight excluding hydrogens is 310 g/mol. The van der Waals surface area contributed by atoms with Crippen LogP contribution in [0.15, 0.2) is 39.7 Å². The summed E-state index contributed by atoms with van der Waals surface area (Å²) in [7, 11) is 0. The van der Waals surface area contributed by atoms with Gasteiger partial charge < -0.3 is 5.73 Å². The van der Waals surface area contributed by atoms with Crippen molar-refractivity contribution < 1.29 is 4.79 Å². The molecule has 1 heterocycles. The van der Waals surface area contributed by atoms with E-state index in [1.54, 1.807) is 35.8 Å². The van der Waals surface area contributed by atoms with E-state index in [9.17, 15) is 9.59 Å². The molecule has 2 aromatic rings. The summed E-state index contributed by atoms with van der Waals surface area (Å²) in [6.07, 6.45) is 1.49. The van der Waals surface area contributed by atoms with Gasteiger partial charge in [-0.2, -0.15) is 0 Å². The maximum atomic E-state index is 12.0. The molecule has 0 spiro atoms. The SMILES string of the molecule is Cc1ncc(Br)c(=O)n1Cc1ccc(C(N)=O)cc1. The fraction of sp³-hybridized carbons (Fsp3) is 0.154. The Morgan fingerprint density at radius 1 is 1.37 bits per heavy atom. The fourth-order valence-corrected chi connectivity index (χ4v) is 2.01. The van der Waals surface area contributed by atoms with Gasteiger partial charge in [0, 0.05) is 11.8 Å². The Kier molecular flexibility index (Phi) is 3.80. The molecular formula is C13H12BrN3O2. The summed E-state index contributed by atoms with van der Waals surface area (Å²) < 4.78 is 1.98. The van der Waals surface area contributed by atoms with Crippen molar-refractivity contribution >= 4 is 21.8 Å². The van der Waals surface area contributed by atoms with E-state index in [1.165, 1.54) is 6.20 Å². The molecule has 0 fully saturated rings. The second-order valence-corrected chi connectivity index (χ2v) is 4.96. The summed E-state index contributed by atoms with van der Waals surface area (Å²) in [5.41, 5.74) is 6.38. The zero-order valence-corrected chi connectivity index (χ0v) is 11.8. The lowest BCUT2D eigenvalue weighted by molar-refractivity contribution is 0.100. The monoisotopic (exact) mass is 321 g/mol. The van der Waals surface area contributed by atoms with Crippen molar-refractivity contribution in [1.29, 1.82) is 0 Å². The minimum Gasteiger partial charge on any atom is -0.366 e. The number of aryl methyl sites for hydroxylation is 1. The number of hydrogen-bond acceptors (Lipinski definition) is 3. The molecule has 0 unspecified atom stereocenters. The van der Waals surface area contributed by atoms with Crippen molar-refractivity contribution in [2.45, 2.75) is 13.5 Å². The highest BCUT2D eigenvalue weighted by atomic mass is 79.9. The van der Waals surface area contributed by atoms with Crippen molar-refractivity contribution in [3.8, 4) is 0 Å². The van der Waals surface area contributed by atoms with Gasteiger partial charge in [0.25, 0.3) is 5.56 Å². The molecule has 5 nitrogen and oxygen atoms in total. The number of benzene rings is 1. The van der Waals surface area contributed by atoms with Gasteiger partial charge in [0.1, 0.15) is 10.3 Å². The van der Waals surface area contributed by atoms with Gasteiger partial charge in [0.15, 0.2) is 0 Å². The third-order valence-corrected chi connectivity index (χ3v) is 3.33. The standard InChI is InChI=1S/C13H12BrN3O2/c1-8-16-6-11(14)13(19)17(8)7-9-2-4-10(5-3-9)12(15)18/h2-6H,7H2,1H3,(H2,15,18). The van der Waals surface area contributed by atoms with E-state index in [1.807, 2.05) is 0 Å². The first-order valence-electron chi connectivity index (χ1n) is 5.59. The molecule has 6 heteroatoms. The average Bonchev–Trinajstić information content (AvgIpc) is 2.40. The van der Waals surface area contributed by atoms with Gasteiger partial charge in [-0.05, 0) is 40.5 Å². The largest absolute Gasteiger partial charge is 0.366 e. The van der Waals surface area contributed by atoms with E-state index in [2.05, 4.69) is 20.9 Å². The van der Waals surface area contributed by atoms with Crippen LogP contribution in [0.2, 0.25) is 0 Å². The summed E-state index contributed by atoms with van der Waals surface area (Å²) >= 11 is 3.17. The summed E-state index contributed by atoms with van der Waals surface area (Å²) in [5, 5.41) is 0. The number of nitrogens with zero attached hydrogens (tertiary/aromatic N) is 2. The first kappa shape index (κ1) is 13.5. The maximum Gasteiger partial charge on any atom is 0.268 e. The normalized spacial score (nSPS) is 10.4. The van der Waals surface area contributed by atoms with E-state index in [0.717, 1.165) is 5.56 Å². The Labute approximate surface area is 118 Å². The molecule has 98 valence electrons. The Hall–Kier alpha value is -1.95. The highest BCUT2D eigenvalue weighted by Gasteiger charge is 2.07. The molecule has 0 aliphatic carbocycles. The smallest absolute Gasteiger partial charge is 0.268 e. The predicted molar refractivity (Wildman–Crippen MR) is 75.0 cm³/mol. The van der Waals surface area contributed by atoms with Crippen LogP contribution in [-0.2, 0) is 6.54 Å². The third kappa shape index (κ3) is 2.90. The minimum absolute atomic E-state index is 0.133. The Morgan fingerprint density at radius 2 is 2.00 bits per heavy atom. The van der Waals surface area contributed by atoms with Gasteiger partial charge in [0.2, 0.25) is 5.91 Å². The van der Waals surface area contributed by atoms with Crippen LogP contribution >= 0.6 is 15.9 Å². The molecule has 2 rings (SSSR count). The van der Waals surface area contributed by atoms with Gasteiger partial charge in [-0.15, -0.1) is 0 Å². The van der Waals surface area contributed by atoms with E-state index in [0.29, 0.717) is 22.4 Å². The van der Waals surface area contributed by atoms with Crippen molar-refractivity contribution in [3.63, 3.8) is 0 Å². The lowest BCUT2D eigenvalue weighted by Crippen LogP contribution is -2.24. The maximum absolute atomic E-state index is 12.0. The van der Waals surface area contributed by atoms with Crippen LogP contribution < -0.4 is 11.3 Å². The van der Waals surface area contributed by atoms with Gasteiger partial charge in [-0.25, -0.2) is 4.98 Å². The van der Waals surface area contributed by atoms with Crippen LogP contribution in [0.1, 0.15) is 21.7 Å². The number of amides is 1. The zero-order valence-electron chi connectivity index (χ0n) is 10.3. The molecule has 2 N–H and O–H groups in total. The number of halogens is 1. The number of carbonyl (C=O) groups is 1. The van der Waals surface area contributed by atoms with Gasteiger partial charge in [-0.1, -0.05) is 12.1 Å². The van der Waals surface area contributed by atoms with Crippen LogP contribution in [0, 0.1) is 6.92 Å². The summed E-state index contributed by atoms with van der Waals surface area (Å²) in [6, 6.07) is 6.83. The fourth-order valence-electron chi connectivity index (χ4n) is 1.69. The van der Waals surface area contributed by atoms with Crippen molar-refractivity contribution in [1.82, 2.24) is 9.55 Å². The Morgan fingerprint density at radius 3 is 2.58 bits per heavy atom. The van der Waals surface area contributed by atoms with Crippen molar-refractivity contribution in [2.24, 2.45) is 5.73 Å². The van der Waals surface area contributed by atoms with Gasteiger partial charge in [-0.3, -0.25) is 14.2 Å². The van der Waals surface area contributed by atoms with Crippen LogP contribution in [0.3, 0.4) is 0 Å². The Bertz CT molecular complexity index is 677. The molecule has 19 heavy (non-hydrogen) atoms. The zero-order chi connectivity index (χ0) is 14.0. The molecule has 0 atom stereocenters. The number of aromatic nitrogens is 2. The second kappa shape index (κ2) is 5.36. The molecule has 0 aliphatic heterocycles. The first-order valence-corrected chi connectivity index (χ1v) is 6.39.